The van der Waals surface area contributed by atoms with E-state index in [2.05, 4.69) is 10.3 Å². The second-order valence-corrected chi connectivity index (χ2v) is 5.83. The lowest BCUT2D eigenvalue weighted by Crippen LogP contribution is -2.32. The molecule has 0 saturated heterocycles. The zero-order valence-corrected chi connectivity index (χ0v) is 12.2. The number of carbonyl (C=O) groups excluding carboxylic acids is 1. The number of hydrogen-bond acceptors (Lipinski definition) is 3. The predicted octanol–water partition coefficient (Wildman–Crippen LogP) is 2.43. The fourth-order valence-electron chi connectivity index (χ4n) is 2.95. The van der Waals surface area contributed by atoms with Crippen LogP contribution < -0.4 is 5.32 Å². The maximum atomic E-state index is 12.2. The van der Waals surface area contributed by atoms with Crippen molar-refractivity contribution in [2.75, 3.05) is 6.54 Å². The first-order valence-corrected chi connectivity index (χ1v) is 7.47. The fourth-order valence-corrected chi connectivity index (χ4v) is 2.95. The van der Waals surface area contributed by atoms with E-state index in [0.717, 1.165) is 35.9 Å². The van der Waals surface area contributed by atoms with Gasteiger partial charge in [-0.1, -0.05) is 12.5 Å². The molecule has 3 rings (SSSR count). The average molecular weight is 284 g/mol. The lowest BCUT2D eigenvalue weighted by molar-refractivity contribution is 0.0917. The lowest BCUT2D eigenvalue weighted by Gasteiger charge is -2.15. The Bertz CT molecular complexity index is 669. The largest absolute Gasteiger partial charge is 0.393 e. The maximum absolute atomic E-state index is 12.2. The minimum atomic E-state index is -0.269. The molecule has 2 N–H and O–H groups in total. The number of aliphatic hydroxyl groups is 1. The van der Waals surface area contributed by atoms with Crippen molar-refractivity contribution in [1.29, 1.82) is 0 Å². The number of nitrogens with one attached hydrogen (secondary N) is 1. The molecule has 0 bridgehead atoms. The van der Waals surface area contributed by atoms with Crippen molar-refractivity contribution in [2.24, 2.45) is 5.92 Å². The average Bonchev–Trinajstić information content (AvgIpc) is 2.89. The van der Waals surface area contributed by atoms with Crippen LogP contribution in [0.4, 0.5) is 0 Å². The molecule has 1 saturated carbocycles. The molecule has 1 aliphatic carbocycles. The normalized spacial score (nSPS) is 21.6. The summed E-state index contributed by atoms with van der Waals surface area (Å²) in [7, 11) is 0. The van der Waals surface area contributed by atoms with Crippen LogP contribution in [0.2, 0.25) is 0 Å². The Kier molecular flexibility index (Phi) is 3.88. The molecule has 2 atom stereocenters. The van der Waals surface area contributed by atoms with Gasteiger partial charge in [0.05, 0.1) is 11.6 Å². The maximum Gasteiger partial charge on any atom is 0.251 e. The predicted molar refractivity (Wildman–Crippen MR) is 82.2 cm³/mol. The Morgan fingerprint density at radius 1 is 1.33 bits per heavy atom. The number of hydrogen-bond donors (Lipinski definition) is 2. The number of benzene rings is 1. The zero-order valence-electron chi connectivity index (χ0n) is 12.2. The van der Waals surface area contributed by atoms with E-state index in [-0.39, 0.29) is 17.9 Å². The Balaban J connectivity index is 1.71. The highest BCUT2D eigenvalue weighted by molar-refractivity contribution is 5.97. The van der Waals surface area contributed by atoms with E-state index >= 15 is 0 Å². The number of aliphatic hydroxyl groups excluding tert-OH is 1. The molecule has 1 aromatic carbocycles. The SMILES string of the molecule is Cc1ccc2cc(C(=O)NC[C@@H]3CCC[C@H]3O)ccc2n1. The van der Waals surface area contributed by atoms with Crippen LogP contribution in [-0.2, 0) is 0 Å². The van der Waals surface area contributed by atoms with Crippen LogP contribution in [0.25, 0.3) is 10.9 Å². The molecule has 4 heteroatoms. The van der Waals surface area contributed by atoms with Crippen molar-refractivity contribution in [3.05, 3.63) is 41.6 Å². The van der Waals surface area contributed by atoms with Crippen molar-refractivity contribution in [2.45, 2.75) is 32.3 Å². The molecule has 1 aliphatic rings. The van der Waals surface area contributed by atoms with Gasteiger partial charge in [-0.2, -0.15) is 0 Å². The van der Waals surface area contributed by atoms with Crippen molar-refractivity contribution in [1.82, 2.24) is 10.3 Å². The van der Waals surface area contributed by atoms with E-state index in [4.69, 9.17) is 0 Å². The lowest BCUT2D eigenvalue weighted by atomic mass is 10.1. The summed E-state index contributed by atoms with van der Waals surface area (Å²) in [5.74, 6) is 0.107. The van der Waals surface area contributed by atoms with E-state index in [9.17, 15) is 9.90 Å². The Hall–Kier alpha value is -1.94. The molecule has 0 unspecified atom stereocenters. The van der Waals surface area contributed by atoms with Gasteiger partial charge >= 0.3 is 0 Å². The molecule has 1 aromatic heterocycles. The van der Waals surface area contributed by atoms with E-state index in [1.165, 1.54) is 0 Å². The number of rotatable bonds is 3. The van der Waals surface area contributed by atoms with Crippen LogP contribution in [0.5, 0.6) is 0 Å². The summed E-state index contributed by atoms with van der Waals surface area (Å²) in [5, 5.41) is 13.7. The van der Waals surface area contributed by atoms with E-state index < -0.39 is 0 Å². The van der Waals surface area contributed by atoms with Gasteiger partial charge in [0, 0.05) is 29.1 Å². The van der Waals surface area contributed by atoms with Gasteiger partial charge < -0.3 is 10.4 Å². The number of nitrogens with zero attached hydrogens (tertiary/aromatic N) is 1. The number of amides is 1. The smallest absolute Gasteiger partial charge is 0.251 e. The zero-order chi connectivity index (χ0) is 14.8. The minimum absolute atomic E-state index is 0.0865. The molecular weight excluding hydrogens is 264 g/mol. The second kappa shape index (κ2) is 5.82. The Labute approximate surface area is 124 Å². The number of carbonyl (C=O) groups is 1. The first kappa shape index (κ1) is 14.0. The van der Waals surface area contributed by atoms with Gasteiger partial charge in [-0.05, 0) is 44.0 Å². The molecule has 4 nitrogen and oxygen atoms in total. The number of aromatic nitrogens is 1. The number of pyridine rings is 1. The van der Waals surface area contributed by atoms with E-state index in [0.29, 0.717) is 12.1 Å². The van der Waals surface area contributed by atoms with Crippen molar-refractivity contribution >= 4 is 16.8 Å². The molecule has 110 valence electrons. The minimum Gasteiger partial charge on any atom is -0.393 e. The molecule has 1 heterocycles. The summed E-state index contributed by atoms with van der Waals surface area (Å²) < 4.78 is 0. The first-order chi connectivity index (χ1) is 10.1. The van der Waals surface area contributed by atoms with Crippen molar-refractivity contribution in [3.8, 4) is 0 Å². The second-order valence-electron chi connectivity index (χ2n) is 5.83. The quantitative estimate of drug-likeness (QED) is 0.910. The topological polar surface area (TPSA) is 62.2 Å². The van der Waals surface area contributed by atoms with E-state index in [1.54, 1.807) is 6.07 Å². The van der Waals surface area contributed by atoms with Crippen molar-refractivity contribution in [3.63, 3.8) is 0 Å². The van der Waals surface area contributed by atoms with Crippen LogP contribution in [0.15, 0.2) is 30.3 Å². The van der Waals surface area contributed by atoms with Gasteiger partial charge in [0.2, 0.25) is 0 Å². The molecule has 1 fully saturated rings. The van der Waals surface area contributed by atoms with Crippen LogP contribution in [-0.4, -0.2) is 28.6 Å². The molecule has 2 aromatic rings. The van der Waals surface area contributed by atoms with Crippen molar-refractivity contribution < 1.29 is 9.90 Å². The third kappa shape index (κ3) is 3.05. The molecule has 0 spiro atoms. The summed E-state index contributed by atoms with van der Waals surface area (Å²) >= 11 is 0. The highest BCUT2D eigenvalue weighted by Crippen LogP contribution is 2.24. The van der Waals surface area contributed by atoms with E-state index in [1.807, 2.05) is 31.2 Å². The molecule has 0 radical (unpaired) electrons. The van der Waals surface area contributed by atoms with Gasteiger partial charge in [-0.25, -0.2) is 0 Å². The molecule has 1 amide bonds. The molecule has 0 aliphatic heterocycles. The summed E-state index contributed by atoms with van der Waals surface area (Å²) in [4.78, 5) is 16.6. The van der Waals surface area contributed by atoms with Gasteiger partial charge in [-0.15, -0.1) is 0 Å². The van der Waals surface area contributed by atoms with Gasteiger partial charge in [0.25, 0.3) is 5.91 Å². The third-order valence-corrected chi connectivity index (χ3v) is 4.23. The summed E-state index contributed by atoms with van der Waals surface area (Å²) in [5.41, 5.74) is 2.51. The van der Waals surface area contributed by atoms with Crippen LogP contribution in [0.1, 0.15) is 35.3 Å². The first-order valence-electron chi connectivity index (χ1n) is 7.47. The highest BCUT2D eigenvalue weighted by atomic mass is 16.3. The van der Waals surface area contributed by atoms with Gasteiger partial charge in [-0.3, -0.25) is 9.78 Å². The summed E-state index contributed by atoms with van der Waals surface area (Å²) in [6, 6.07) is 9.47. The molecule has 21 heavy (non-hydrogen) atoms. The number of fused-ring (bicyclic) bond motifs is 1. The third-order valence-electron chi connectivity index (χ3n) is 4.23. The summed E-state index contributed by atoms with van der Waals surface area (Å²) in [6.07, 6.45) is 2.61. The highest BCUT2D eigenvalue weighted by Gasteiger charge is 2.25. The Morgan fingerprint density at radius 3 is 2.95 bits per heavy atom. The van der Waals surface area contributed by atoms with Gasteiger partial charge in [0.15, 0.2) is 0 Å². The van der Waals surface area contributed by atoms with Crippen LogP contribution in [0.3, 0.4) is 0 Å². The van der Waals surface area contributed by atoms with Crippen LogP contribution in [0, 0.1) is 12.8 Å². The molecular formula is C17H20N2O2. The monoisotopic (exact) mass is 284 g/mol. The fraction of sp³-hybridized carbons (Fsp3) is 0.412. The van der Waals surface area contributed by atoms with Gasteiger partial charge in [0.1, 0.15) is 0 Å². The standard InChI is InChI=1S/C17H20N2O2/c1-11-5-6-12-9-13(7-8-15(12)19-11)17(21)18-10-14-3-2-4-16(14)20/h5-9,14,16,20H,2-4,10H2,1H3,(H,18,21)/t14-,16+/m0/s1. The Morgan fingerprint density at radius 2 is 2.19 bits per heavy atom. The number of aryl methyl sites for hydroxylation is 1. The van der Waals surface area contributed by atoms with Crippen LogP contribution >= 0.6 is 0 Å². The summed E-state index contributed by atoms with van der Waals surface area (Å²) in [6.45, 7) is 2.50.